The van der Waals surface area contributed by atoms with Gasteiger partial charge in [-0.05, 0) is 39.2 Å². The highest BCUT2D eigenvalue weighted by Crippen LogP contribution is 2.50. The average molecular weight is 659 g/mol. The Kier molecular flexibility index (Phi) is 9.47. The Bertz CT molecular complexity index is 1030. The first kappa shape index (κ1) is 29.6. The molecule has 35 heavy (non-hydrogen) atoms. The Morgan fingerprint density at radius 2 is 1.46 bits per heavy atom. The first-order valence-electron chi connectivity index (χ1n) is 10.3. The maximum atomic E-state index is 11.8. The highest BCUT2D eigenvalue weighted by molar-refractivity contribution is 9.12. The molecular formula is C23H24Br2Cl2O8. The van der Waals surface area contributed by atoms with E-state index in [0.717, 1.165) is 0 Å². The molecule has 0 aromatic rings. The van der Waals surface area contributed by atoms with Crippen LogP contribution in [0.25, 0.3) is 0 Å². The minimum atomic E-state index is -1.77. The molecule has 0 aromatic carbocycles. The zero-order valence-corrected chi connectivity index (χ0v) is 24.3. The number of carbonyl (C=O) groups is 4. The lowest BCUT2D eigenvalue weighted by Crippen LogP contribution is -2.49. The Labute approximate surface area is 229 Å². The van der Waals surface area contributed by atoms with Crippen LogP contribution in [0.4, 0.5) is 0 Å². The number of esters is 4. The number of hydrogen-bond acceptors (Lipinski definition) is 8. The van der Waals surface area contributed by atoms with Gasteiger partial charge in [-0.15, -0.1) is 11.6 Å². The molecule has 0 bridgehead atoms. The third kappa shape index (κ3) is 6.21. The summed E-state index contributed by atoms with van der Waals surface area (Å²) in [4.78, 5) is 46.2. The zero-order valence-electron chi connectivity index (χ0n) is 19.6. The second kappa shape index (κ2) is 11.2. The molecule has 0 heterocycles. The molecule has 192 valence electrons. The van der Waals surface area contributed by atoms with E-state index in [2.05, 4.69) is 31.9 Å². The van der Waals surface area contributed by atoms with Gasteiger partial charge in [0, 0.05) is 45.4 Å². The Morgan fingerprint density at radius 3 is 1.83 bits per heavy atom. The molecule has 2 atom stereocenters. The first-order chi connectivity index (χ1) is 16.1. The molecule has 0 aromatic heterocycles. The summed E-state index contributed by atoms with van der Waals surface area (Å²) in [6.07, 6.45) is 6.57. The highest BCUT2D eigenvalue weighted by atomic mass is 79.9. The van der Waals surface area contributed by atoms with Gasteiger partial charge in [0.15, 0.2) is 0 Å². The highest BCUT2D eigenvalue weighted by Gasteiger charge is 2.51. The van der Waals surface area contributed by atoms with Crippen molar-refractivity contribution in [2.24, 2.45) is 5.41 Å². The summed E-state index contributed by atoms with van der Waals surface area (Å²) in [7, 11) is 0. The number of carbonyl (C=O) groups excluding carboxylic acids is 4. The fourth-order valence-corrected chi connectivity index (χ4v) is 5.97. The zero-order chi connectivity index (χ0) is 26.8. The van der Waals surface area contributed by atoms with Crippen molar-refractivity contribution in [1.82, 2.24) is 0 Å². The molecule has 0 N–H and O–H groups in total. The van der Waals surface area contributed by atoms with E-state index in [4.69, 9.17) is 42.1 Å². The van der Waals surface area contributed by atoms with E-state index in [1.807, 2.05) is 6.92 Å². The van der Waals surface area contributed by atoms with Gasteiger partial charge in [-0.1, -0.05) is 46.6 Å². The van der Waals surface area contributed by atoms with Crippen molar-refractivity contribution in [1.29, 1.82) is 0 Å². The number of halogens is 4. The van der Waals surface area contributed by atoms with Crippen molar-refractivity contribution in [3.63, 3.8) is 0 Å². The van der Waals surface area contributed by atoms with Gasteiger partial charge < -0.3 is 18.9 Å². The Morgan fingerprint density at radius 1 is 0.971 bits per heavy atom. The van der Waals surface area contributed by atoms with Crippen LogP contribution in [0.15, 0.2) is 45.0 Å². The minimum absolute atomic E-state index is 0.0132. The van der Waals surface area contributed by atoms with Crippen LogP contribution >= 0.6 is 55.1 Å². The SMILES string of the molecule is CC(=O)OC1(OC(C)=O)CC=C(C(C)(CCl)C2=CC(Br)C(OC(C)=O)(OC(C)=O)C(Br)=C2)C=C1Cl. The van der Waals surface area contributed by atoms with E-state index in [-0.39, 0.29) is 21.8 Å². The standard InChI is InChI=1S/C23H24Br2Cl2O8/c1-12(28)32-22(33-13(2)29)7-6-16(10-20(22)27)21(5,11-26)17-8-18(24)23(19(25)9-17,34-14(3)30)35-15(4)31/h6,8-10,18H,7,11H2,1-5H3. The van der Waals surface area contributed by atoms with E-state index in [0.29, 0.717) is 11.1 Å². The summed E-state index contributed by atoms with van der Waals surface area (Å²) in [6, 6.07) is 0. The van der Waals surface area contributed by atoms with E-state index >= 15 is 0 Å². The van der Waals surface area contributed by atoms with Crippen LogP contribution in [0, 0.1) is 5.41 Å². The number of allylic oxidation sites excluding steroid dienone is 4. The number of hydrogen-bond donors (Lipinski definition) is 0. The molecule has 2 rings (SSSR count). The second-order valence-electron chi connectivity index (χ2n) is 8.13. The molecule has 2 unspecified atom stereocenters. The molecule has 0 radical (unpaired) electrons. The molecule has 2 aliphatic carbocycles. The van der Waals surface area contributed by atoms with Crippen LogP contribution in [0.5, 0.6) is 0 Å². The van der Waals surface area contributed by atoms with Crippen LogP contribution in [-0.2, 0) is 38.1 Å². The maximum absolute atomic E-state index is 11.8. The Balaban J connectivity index is 2.53. The quantitative estimate of drug-likeness (QED) is 0.206. The summed E-state index contributed by atoms with van der Waals surface area (Å²) >= 11 is 19.8. The van der Waals surface area contributed by atoms with Crippen LogP contribution in [-0.4, -0.2) is 46.2 Å². The monoisotopic (exact) mass is 656 g/mol. The van der Waals surface area contributed by atoms with Crippen molar-refractivity contribution in [3.05, 3.63) is 45.0 Å². The van der Waals surface area contributed by atoms with Gasteiger partial charge in [-0.2, -0.15) is 0 Å². The summed E-state index contributed by atoms with van der Waals surface area (Å²) in [6.45, 7) is 6.61. The molecule has 12 heteroatoms. The average Bonchev–Trinajstić information content (AvgIpc) is 2.71. The van der Waals surface area contributed by atoms with E-state index in [1.165, 1.54) is 33.8 Å². The smallest absolute Gasteiger partial charge is 0.306 e. The van der Waals surface area contributed by atoms with Gasteiger partial charge in [-0.25, -0.2) is 0 Å². The van der Waals surface area contributed by atoms with E-state index in [1.54, 1.807) is 18.2 Å². The van der Waals surface area contributed by atoms with E-state index < -0.39 is 45.7 Å². The third-order valence-electron chi connectivity index (χ3n) is 5.29. The molecular weight excluding hydrogens is 635 g/mol. The Hall–Kier alpha value is -1.62. The molecule has 8 nitrogen and oxygen atoms in total. The van der Waals surface area contributed by atoms with Gasteiger partial charge in [0.1, 0.15) is 9.86 Å². The normalized spacial score (nSPS) is 22.3. The van der Waals surface area contributed by atoms with Crippen molar-refractivity contribution in [2.45, 2.75) is 57.4 Å². The molecule has 0 saturated heterocycles. The first-order valence-corrected chi connectivity index (χ1v) is 12.9. The fraction of sp³-hybridized carbons (Fsp3) is 0.478. The topological polar surface area (TPSA) is 105 Å². The molecule has 0 spiro atoms. The predicted molar refractivity (Wildman–Crippen MR) is 136 cm³/mol. The molecule has 0 amide bonds. The van der Waals surface area contributed by atoms with Gasteiger partial charge in [0.25, 0.3) is 5.79 Å². The van der Waals surface area contributed by atoms with Crippen molar-refractivity contribution in [3.8, 4) is 0 Å². The largest absolute Gasteiger partial charge is 0.417 e. The number of alkyl halides is 2. The summed E-state index contributed by atoms with van der Waals surface area (Å²) in [5.41, 5.74) is 0.474. The van der Waals surface area contributed by atoms with Crippen LogP contribution in [0.2, 0.25) is 0 Å². The van der Waals surface area contributed by atoms with Crippen LogP contribution in [0.3, 0.4) is 0 Å². The fourth-order valence-electron chi connectivity index (χ4n) is 3.70. The minimum Gasteiger partial charge on any atom is -0.417 e. The number of rotatable bonds is 7. The lowest BCUT2D eigenvalue weighted by Gasteiger charge is -2.41. The summed E-state index contributed by atoms with van der Waals surface area (Å²) < 4.78 is 21.6. The maximum Gasteiger partial charge on any atom is 0.306 e. The van der Waals surface area contributed by atoms with Gasteiger partial charge >= 0.3 is 29.7 Å². The van der Waals surface area contributed by atoms with Crippen LogP contribution in [0.1, 0.15) is 41.0 Å². The van der Waals surface area contributed by atoms with Crippen LogP contribution < -0.4 is 0 Å². The second-order valence-corrected chi connectivity index (χ2v) is 10.6. The molecule has 0 saturated carbocycles. The predicted octanol–water partition coefficient (Wildman–Crippen LogP) is 5.31. The summed E-state index contributed by atoms with van der Waals surface area (Å²) in [5, 5.41) is -0.0132. The molecule has 0 fully saturated rings. The van der Waals surface area contributed by atoms with Gasteiger partial charge in [-0.3, -0.25) is 19.2 Å². The molecule has 2 aliphatic rings. The van der Waals surface area contributed by atoms with Crippen molar-refractivity contribution in [2.75, 3.05) is 5.88 Å². The third-order valence-corrected chi connectivity index (χ3v) is 7.87. The van der Waals surface area contributed by atoms with E-state index in [9.17, 15) is 19.2 Å². The van der Waals surface area contributed by atoms with Gasteiger partial charge in [0.05, 0.1) is 4.48 Å². The lowest BCUT2D eigenvalue weighted by atomic mass is 9.72. The van der Waals surface area contributed by atoms with Crippen molar-refractivity contribution >= 4 is 78.9 Å². The van der Waals surface area contributed by atoms with Gasteiger partial charge in [0.2, 0.25) is 0 Å². The molecule has 0 aliphatic heterocycles. The number of ether oxygens (including phenoxy) is 4. The van der Waals surface area contributed by atoms with Crippen molar-refractivity contribution < 1.29 is 38.1 Å². The summed E-state index contributed by atoms with van der Waals surface area (Å²) in [5.74, 6) is -6.10. The lowest BCUT2D eigenvalue weighted by molar-refractivity contribution is -0.210.